The van der Waals surface area contributed by atoms with E-state index < -0.39 is 10.0 Å². The Bertz CT molecular complexity index is 459. The maximum Gasteiger partial charge on any atom is 0.240 e. The summed E-state index contributed by atoms with van der Waals surface area (Å²) in [5, 5.41) is 0.508. The maximum atomic E-state index is 12.0. The highest BCUT2D eigenvalue weighted by molar-refractivity contribution is 7.89. The van der Waals surface area contributed by atoms with Gasteiger partial charge in [0.2, 0.25) is 10.0 Å². The molecule has 0 amide bonds. The summed E-state index contributed by atoms with van der Waals surface area (Å²) in [6.45, 7) is 4.76. The average molecular weight is 292 g/mol. The van der Waals surface area contributed by atoms with Crippen LogP contribution in [0.4, 0.5) is 0 Å². The second-order valence-electron chi connectivity index (χ2n) is 4.05. The van der Waals surface area contributed by atoms with Crippen molar-refractivity contribution < 1.29 is 13.2 Å². The van der Waals surface area contributed by atoms with Crippen molar-refractivity contribution in [3.05, 3.63) is 29.3 Å². The van der Waals surface area contributed by atoms with Crippen LogP contribution in [0.2, 0.25) is 5.02 Å². The summed E-state index contributed by atoms with van der Waals surface area (Å²) in [6, 6.07) is 5.79. The van der Waals surface area contributed by atoms with Crippen LogP contribution in [0, 0.1) is 0 Å². The molecule has 0 radical (unpaired) electrons. The Morgan fingerprint density at radius 3 is 2.50 bits per heavy atom. The van der Waals surface area contributed by atoms with E-state index in [1.807, 2.05) is 6.92 Å². The lowest BCUT2D eigenvalue weighted by Gasteiger charge is -2.14. The van der Waals surface area contributed by atoms with Crippen LogP contribution < -0.4 is 4.72 Å². The fraction of sp³-hybridized carbons (Fsp3) is 0.500. The minimum absolute atomic E-state index is 0.203. The predicted molar refractivity (Wildman–Crippen MR) is 72.3 cm³/mol. The number of rotatable bonds is 7. The molecule has 0 spiro atoms. The molecule has 1 unspecified atom stereocenters. The van der Waals surface area contributed by atoms with Gasteiger partial charge in [-0.25, -0.2) is 13.1 Å². The monoisotopic (exact) mass is 291 g/mol. The van der Waals surface area contributed by atoms with Crippen molar-refractivity contribution in [2.24, 2.45) is 0 Å². The van der Waals surface area contributed by atoms with Gasteiger partial charge >= 0.3 is 0 Å². The number of hydrogen-bond acceptors (Lipinski definition) is 3. The third-order valence-corrected chi connectivity index (χ3v) is 4.05. The van der Waals surface area contributed by atoms with Gasteiger partial charge in [-0.2, -0.15) is 0 Å². The molecule has 1 N–H and O–H groups in total. The number of nitrogens with one attached hydrogen (secondary N) is 1. The number of sulfonamides is 1. The lowest BCUT2D eigenvalue weighted by Crippen LogP contribution is -2.35. The van der Waals surface area contributed by atoms with E-state index in [1.165, 1.54) is 12.1 Å². The molecular weight excluding hydrogens is 274 g/mol. The SMILES string of the molecule is CCCOCC(C)NS(=O)(=O)c1ccc(Cl)cc1. The maximum absolute atomic E-state index is 12.0. The lowest BCUT2D eigenvalue weighted by atomic mass is 10.4. The van der Waals surface area contributed by atoms with Crippen molar-refractivity contribution in [1.29, 1.82) is 0 Å². The molecule has 1 aromatic rings. The predicted octanol–water partition coefficient (Wildman–Crippen LogP) is 2.43. The number of hydrogen-bond donors (Lipinski definition) is 1. The summed E-state index contributed by atoms with van der Waals surface area (Å²) in [6.07, 6.45) is 0.913. The summed E-state index contributed by atoms with van der Waals surface area (Å²) in [5.74, 6) is 0. The van der Waals surface area contributed by atoms with E-state index in [9.17, 15) is 8.42 Å². The highest BCUT2D eigenvalue weighted by Gasteiger charge is 2.17. The van der Waals surface area contributed by atoms with Gasteiger partial charge in [0.1, 0.15) is 0 Å². The summed E-state index contributed by atoms with van der Waals surface area (Å²) in [7, 11) is -3.50. The van der Waals surface area contributed by atoms with Gasteiger partial charge in [0.25, 0.3) is 0 Å². The molecular formula is C12H18ClNO3S. The summed E-state index contributed by atoms with van der Waals surface area (Å²) in [5.41, 5.74) is 0. The van der Waals surface area contributed by atoms with Crippen molar-refractivity contribution in [3.63, 3.8) is 0 Å². The molecule has 0 saturated heterocycles. The van der Waals surface area contributed by atoms with Gasteiger partial charge in [-0.05, 0) is 37.6 Å². The molecule has 0 saturated carbocycles. The van der Waals surface area contributed by atoms with E-state index in [4.69, 9.17) is 16.3 Å². The number of halogens is 1. The number of ether oxygens (including phenoxy) is 1. The molecule has 6 heteroatoms. The van der Waals surface area contributed by atoms with Crippen molar-refractivity contribution in [2.75, 3.05) is 13.2 Å². The Morgan fingerprint density at radius 1 is 1.33 bits per heavy atom. The van der Waals surface area contributed by atoms with Crippen molar-refractivity contribution in [3.8, 4) is 0 Å². The largest absolute Gasteiger partial charge is 0.380 e. The smallest absolute Gasteiger partial charge is 0.240 e. The Morgan fingerprint density at radius 2 is 1.94 bits per heavy atom. The van der Waals surface area contributed by atoms with E-state index in [1.54, 1.807) is 19.1 Å². The van der Waals surface area contributed by atoms with E-state index in [0.29, 0.717) is 18.2 Å². The fourth-order valence-electron chi connectivity index (χ4n) is 1.39. The second kappa shape index (κ2) is 7.09. The van der Waals surface area contributed by atoms with Crippen LogP contribution in [0.5, 0.6) is 0 Å². The molecule has 1 aromatic carbocycles. The molecule has 0 aliphatic rings. The minimum atomic E-state index is -3.50. The van der Waals surface area contributed by atoms with Crippen molar-refractivity contribution in [2.45, 2.75) is 31.2 Å². The highest BCUT2D eigenvalue weighted by Crippen LogP contribution is 2.14. The molecule has 0 heterocycles. The van der Waals surface area contributed by atoms with Crippen LogP contribution in [0.3, 0.4) is 0 Å². The molecule has 0 aliphatic carbocycles. The lowest BCUT2D eigenvalue weighted by molar-refractivity contribution is 0.121. The van der Waals surface area contributed by atoms with Gasteiger partial charge in [0.15, 0.2) is 0 Å². The molecule has 0 fully saturated rings. The van der Waals surface area contributed by atoms with Crippen LogP contribution in [0.15, 0.2) is 29.2 Å². The van der Waals surface area contributed by atoms with Gasteiger partial charge in [0, 0.05) is 17.7 Å². The molecule has 0 bridgehead atoms. The Balaban J connectivity index is 2.61. The van der Waals surface area contributed by atoms with Gasteiger partial charge in [-0.15, -0.1) is 0 Å². The minimum Gasteiger partial charge on any atom is -0.380 e. The van der Waals surface area contributed by atoms with Gasteiger partial charge in [-0.1, -0.05) is 18.5 Å². The molecule has 1 atom stereocenters. The fourth-order valence-corrected chi connectivity index (χ4v) is 2.74. The Kier molecular flexibility index (Phi) is 6.08. The molecule has 0 aromatic heterocycles. The first-order chi connectivity index (χ1) is 8.45. The molecule has 102 valence electrons. The first-order valence-electron chi connectivity index (χ1n) is 5.81. The highest BCUT2D eigenvalue weighted by atomic mass is 35.5. The topological polar surface area (TPSA) is 55.4 Å². The van der Waals surface area contributed by atoms with E-state index in [0.717, 1.165) is 6.42 Å². The quantitative estimate of drug-likeness (QED) is 0.785. The van der Waals surface area contributed by atoms with Crippen molar-refractivity contribution >= 4 is 21.6 Å². The van der Waals surface area contributed by atoms with Crippen LogP contribution >= 0.6 is 11.6 Å². The van der Waals surface area contributed by atoms with E-state index in [2.05, 4.69) is 4.72 Å². The zero-order valence-electron chi connectivity index (χ0n) is 10.5. The zero-order valence-corrected chi connectivity index (χ0v) is 12.1. The molecule has 18 heavy (non-hydrogen) atoms. The second-order valence-corrected chi connectivity index (χ2v) is 6.20. The summed E-state index contributed by atoms with van der Waals surface area (Å²) < 4.78 is 31.8. The summed E-state index contributed by atoms with van der Waals surface area (Å²) >= 11 is 5.72. The van der Waals surface area contributed by atoms with Crippen molar-refractivity contribution in [1.82, 2.24) is 4.72 Å². The van der Waals surface area contributed by atoms with Gasteiger partial charge in [0.05, 0.1) is 11.5 Å². The molecule has 1 rings (SSSR count). The standard InChI is InChI=1S/C12H18ClNO3S/c1-3-8-17-9-10(2)14-18(15,16)12-6-4-11(13)5-7-12/h4-7,10,14H,3,8-9H2,1-2H3. The van der Waals surface area contributed by atoms with E-state index >= 15 is 0 Å². The van der Waals surface area contributed by atoms with Crippen LogP contribution in [0.25, 0.3) is 0 Å². The van der Waals surface area contributed by atoms with Crippen LogP contribution in [0.1, 0.15) is 20.3 Å². The van der Waals surface area contributed by atoms with Crippen LogP contribution in [-0.4, -0.2) is 27.7 Å². The first-order valence-corrected chi connectivity index (χ1v) is 7.67. The van der Waals surface area contributed by atoms with Gasteiger partial charge < -0.3 is 4.74 Å². The Hall–Kier alpha value is -0.620. The van der Waals surface area contributed by atoms with Gasteiger partial charge in [-0.3, -0.25) is 0 Å². The average Bonchev–Trinajstić information content (AvgIpc) is 2.29. The third-order valence-electron chi connectivity index (χ3n) is 2.20. The van der Waals surface area contributed by atoms with E-state index in [-0.39, 0.29) is 10.9 Å². The molecule has 0 aliphatic heterocycles. The summed E-state index contributed by atoms with van der Waals surface area (Å²) in [4.78, 5) is 0.203. The number of benzene rings is 1. The Labute approximate surface area is 113 Å². The zero-order chi connectivity index (χ0) is 13.6. The normalized spacial score (nSPS) is 13.5. The first kappa shape index (κ1) is 15.4. The molecule has 4 nitrogen and oxygen atoms in total. The van der Waals surface area contributed by atoms with Crippen LogP contribution in [-0.2, 0) is 14.8 Å². The third kappa shape index (κ3) is 4.94.